The molecule has 67 heavy (non-hydrogen) atoms. The fourth-order valence-corrected chi connectivity index (χ4v) is 8.35. The van der Waals surface area contributed by atoms with Crippen molar-refractivity contribution in [3.05, 3.63) is 90.0 Å². The van der Waals surface area contributed by atoms with E-state index in [9.17, 15) is 28.8 Å². The van der Waals surface area contributed by atoms with Gasteiger partial charge in [-0.05, 0) is 127 Å². The Morgan fingerprint density at radius 3 is 1.31 bits per heavy atom. The Hall–Kier alpha value is -6.12. The van der Waals surface area contributed by atoms with E-state index in [4.69, 9.17) is 9.47 Å². The second-order valence-electron chi connectivity index (χ2n) is 20.0. The van der Waals surface area contributed by atoms with Crippen LogP contribution < -0.4 is 26.2 Å². The van der Waals surface area contributed by atoms with E-state index in [0.717, 1.165) is 16.8 Å². The number of likely N-dealkylation sites (tertiary alicyclic amines) is 2. The highest BCUT2D eigenvalue weighted by atomic mass is 16.6. The van der Waals surface area contributed by atoms with Gasteiger partial charge in [0.25, 0.3) is 0 Å². The quantitative estimate of drug-likeness (QED) is 0.103. The first-order chi connectivity index (χ1) is 31.7. The number of hydrogen-bond acceptors (Lipinski definition) is 9. The molecular weight excluding hydrogens is 851 g/mol. The van der Waals surface area contributed by atoms with Crippen LogP contribution in [0, 0.1) is 11.8 Å². The SMILES string of the molecule is CCC(C)C(NC(=O)OC(C)(C)C)C(=O)N1CCCC1C(=O)Nc1ccc(CN(Cc2ccc(NC(=O)C3CCCN3C(=O)C(NC(=O)OC(C)(C)C)C(C)CC)cc2)c2ccccc2)cc1. The van der Waals surface area contributed by atoms with Crippen LogP contribution in [0.4, 0.5) is 26.7 Å². The van der Waals surface area contributed by atoms with Crippen molar-refractivity contribution in [3.63, 3.8) is 0 Å². The summed E-state index contributed by atoms with van der Waals surface area (Å²) in [6.45, 7) is 20.3. The van der Waals surface area contributed by atoms with Crippen molar-refractivity contribution in [2.45, 2.75) is 156 Å². The Labute approximate surface area is 397 Å². The lowest BCUT2D eigenvalue weighted by Gasteiger charge is -2.32. The molecule has 0 spiro atoms. The van der Waals surface area contributed by atoms with Crippen molar-refractivity contribution >= 4 is 52.9 Å². The van der Waals surface area contributed by atoms with Crippen molar-refractivity contribution in [2.24, 2.45) is 11.8 Å². The van der Waals surface area contributed by atoms with Gasteiger partial charge in [0.05, 0.1) is 0 Å². The number of nitrogens with one attached hydrogen (secondary N) is 4. The fourth-order valence-electron chi connectivity index (χ4n) is 8.35. The molecule has 15 nitrogen and oxygen atoms in total. The molecule has 15 heteroatoms. The Balaban J connectivity index is 1.20. The first kappa shape index (κ1) is 51.9. The number of carbonyl (C=O) groups excluding carboxylic acids is 6. The Kier molecular flexibility index (Phi) is 17.8. The van der Waals surface area contributed by atoms with Gasteiger partial charge in [0.1, 0.15) is 35.4 Å². The largest absolute Gasteiger partial charge is 0.444 e. The summed E-state index contributed by atoms with van der Waals surface area (Å²) in [7, 11) is 0. The summed E-state index contributed by atoms with van der Waals surface area (Å²) in [6, 6.07) is 22.4. The van der Waals surface area contributed by atoms with Crippen LogP contribution in [0.5, 0.6) is 0 Å². The molecule has 0 bridgehead atoms. The average Bonchev–Trinajstić information content (AvgIpc) is 3.98. The topological polar surface area (TPSA) is 179 Å². The lowest BCUT2D eigenvalue weighted by atomic mass is 9.97. The van der Waals surface area contributed by atoms with Crippen molar-refractivity contribution < 1.29 is 38.2 Å². The van der Waals surface area contributed by atoms with Crippen LogP contribution in [-0.2, 0) is 41.7 Å². The van der Waals surface area contributed by atoms with Crippen LogP contribution in [0.3, 0.4) is 0 Å². The molecule has 0 radical (unpaired) electrons. The summed E-state index contributed by atoms with van der Waals surface area (Å²) >= 11 is 0. The maximum absolute atomic E-state index is 13.9. The van der Waals surface area contributed by atoms with Crippen molar-refractivity contribution in [1.29, 1.82) is 0 Å². The molecule has 3 aromatic rings. The highest BCUT2D eigenvalue weighted by Crippen LogP contribution is 2.27. The molecule has 4 N–H and O–H groups in total. The molecule has 2 aliphatic heterocycles. The van der Waals surface area contributed by atoms with Gasteiger partial charge in [-0.25, -0.2) is 9.59 Å². The van der Waals surface area contributed by atoms with E-state index < -0.39 is 47.6 Å². The van der Waals surface area contributed by atoms with Gasteiger partial charge in [-0.3, -0.25) is 19.2 Å². The monoisotopic (exact) mass is 924 g/mol. The Bertz CT molecular complexity index is 2020. The van der Waals surface area contributed by atoms with E-state index in [1.165, 1.54) is 0 Å². The molecular formula is C52H73N7O8. The summed E-state index contributed by atoms with van der Waals surface area (Å²) in [4.78, 5) is 85.9. The number of carbonyl (C=O) groups is 6. The summed E-state index contributed by atoms with van der Waals surface area (Å²) in [5, 5.41) is 11.6. The predicted molar refractivity (Wildman–Crippen MR) is 261 cm³/mol. The number of amides is 6. The standard InChI is InChI=1S/C52H73N7O8/c1-11-34(3)43(55-49(64)66-51(5,6)7)47(62)58-30-16-20-41(58)45(60)53-38-26-22-36(23-27-38)32-57(40-18-14-13-15-19-40)33-37-24-28-39(29-25-37)54-46(61)42-21-17-31-59(42)48(63)44(35(4)12-2)56-50(65)67-52(8,9)10/h13-15,18-19,22-29,34-35,41-44H,11-12,16-17,20-21,30-33H2,1-10H3,(H,53,60)(H,54,61)(H,55,64)(H,56,65). The zero-order valence-corrected chi connectivity index (χ0v) is 41.1. The van der Waals surface area contributed by atoms with Crippen molar-refractivity contribution in [3.8, 4) is 0 Å². The molecule has 6 atom stereocenters. The zero-order chi connectivity index (χ0) is 49.1. The first-order valence-electron chi connectivity index (χ1n) is 23.9. The fraction of sp³-hybridized carbons (Fsp3) is 0.538. The van der Waals surface area contributed by atoms with E-state index in [1.807, 2.05) is 94.4 Å². The maximum Gasteiger partial charge on any atom is 0.408 e. The molecule has 2 heterocycles. The van der Waals surface area contributed by atoms with Gasteiger partial charge in [0.2, 0.25) is 23.6 Å². The average molecular weight is 924 g/mol. The number of anilines is 3. The lowest BCUT2D eigenvalue weighted by Crippen LogP contribution is -2.55. The second kappa shape index (κ2) is 23.1. The first-order valence-corrected chi connectivity index (χ1v) is 23.9. The van der Waals surface area contributed by atoms with Crippen LogP contribution in [0.2, 0.25) is 0 Å². The number of alkyl carbamates (subject to hydrolysis) is 2. The molecule has 2 aliphatic rings. The molecule has 0 aliphatic carbocycles. The van der Waals surface area contributed by atoms with Crippen LogP contribution >= 0.6 is 0 Å². The molecule has 2 saturated heterocycles. The van der Waals surface area contributed by atoms with Gasteiger partial charge >= 0.3 is 12.2 Å². The van der Waals surface area contributed by atoms with Gasteiger partial charge in [-0.15, -0.1) is 0 Å². The highest BCUT2D eigenvalue weighted by Gasteiger charge is 2.41. The third-order valence-electron chi connectivity index (χ3n) is 12.3. The van der Waals surface area contributed by atoms with Crippen molar-refractivity contribution in [2.75, 3.05) is 28.6 Å². The minimum absolute atomic E-state index is 0.167. The Morgan fingerprint density at radius 2 is 0.970 bits per heavy atom. The summed E-state index contributed by atoms with van der Waals surface area (Å²) < 4.78 is 10.9. The van der Waals surface area contributed by atoms with Crippen molar-refractivity contribution in [1.82, 2.24) is 20.4 Å². The number of nitrogens with zero attached hydrogens (tertiary/aromatic N) is 3. The summed E-state index contributed by atoms with van der Waals surface area (Å²) in [6.07, 6.45) is 2.37. The van der Waals surface area contributed by atoms with Crippen LogP contribution in [-0.4, -0.2) is 94.1 Å². The van der Waals surface area contributed by atoms with Gasteiger partial charge in [0, 0.05) is 43.2 Å². The summed E-state index contributed by atoms with van der Waals surface area (Å²) in [5.41, 5.74) is 2.83. The van der Waals surface area contributed by atoms with Gasteiger partial charge < -0.3 is 45.4 Å². The number of benzene rings is 3. The molecule has 0 aromatic heterocycles. The van der Waals surface area contributed by atoms with Gasteiger partial charge in [-0.1, -0.05) is 83.0 Å². The molecule has 364 valence electrons. The van der Waals surface area contributed by atoms with E-state index in [2.05, 4.69) is 38.3 Å². The third-order valence-corrected chi connectivity index (χ3v) is 12.3. The second-order valence-corrected chi connectivity index (χ2v) is 20.0. The highest BCUT2D eigenvalue weighted by molar-refractivity contribution is 5.99. The van der Waals surface area contributed by atoms with E-state index in [0.29, 0.717) is 76.1 Å². The maximum atomic E-state index is 13.9. The minimum Gasteiger partial charge on any atom is -0.444 e. The van der Waals surface area contributed by atoms with Crippen LogP contribution in [0.25, 0.3) is 0 Å². The van der Waals surface area contributed by atoms with E-state index in [-0.39, 0.29) is 35.5 Å². The number of ether oxygens (including phenoxy) is 2. The van der Waals surface area contributed by atoms with Crippen LogP contribution in [0.15, 0.2) is 78.9 Å². The Morgan fingerprint density at radius 1 is 0.597 bits per heavy atom. The normalized spacial score (nSPS) is 17.9. The minimum atomic E-state index is -0.823. The van der Waals surface area contributed by atoms with Crippen LogP contribution in [0.1, 0.15) is 119 Å². The van der Waals surface area contributed by atoms with E-state index >= 15 is 0 Å². The molecule has 6 unspecified atom stereocenters. The zero-order valence-electron chi connectivity index (χ0n) is 41.1. The lowest BCUT2D eigenvalue weighted by molar-refractivity contribution is -0.139. The smallest absolute Gasteiger partial charge is 0.408 e. The van der Waals surface area contributed by atoms with Gasteiger partial charge in [0.15, 0.2) is 0 Å². The van der Waals surface area contributed by atoms with Gasteiger partial charge in [-0.2, -0.15) is 0 Å². The molecule has 3 aromatic carbocycles. The predicted octanol–water partition coefficient (Wildman–Crippen LogP) is 8.63. The van der Waals surface area contributed by atoms with E-state index in [1.54, 1.807) is 51.3 Å². The number of para-hydroxylation sites is 1. The summed E-state index contributed by atoms with van der Waals surface area (Å²) in [5.74, 6) is -1.47. The number of hydrogen-bond donors (Lipinski definition) is 4. The molecule has 5 rings (SSSR count). The molecule has 6 amide bonds. The molecule has 2 fully saturated rings. The number of rotatable bonds is 17. The molecule has 0 saturated carbocycles. The third kappa shape index (κ3) is 14.9.